The lowest BCUT2D eigenvalue weighted by molar-refractivity contribution is 0.171. The van der Waals surface area contributed by atoms with Crippen LogP contribution >= 0.6 is 22.9 Å². The van der Waals surface area contributed by atoms with Crippen LogP contribution in [0, 0.1) is 6.92 Å². The SMILES string of the molecule is Cc1sc2ncnc(Nc3ccc4c(c3)OCCO4)c2c1-c1ccc(Cl)cc1. The molecule has 0 saturated carbocycles. The maximum absolute atomic E-state index is 6.07. The van der Waals surface area contributed by atoms with Crippen LogP contribution in [0.4, 0.5) is 11.5 Å². The summed E-state index contributed by atoms with van der Waals surface area (Å²) in [5.41, 5.74) is 3.10. The van der Waals surface area contributed by atoms with Gasteiger partial charge in [-0.1, -0.05) is 23.7 Å². The summed E-state index contributed by atoms with van der Waals surface area (Å²) in [6.07, 6.45) is 1.59. The van der Waals surface area contributed by atoms with Gasteiger partial charge in [0.05, 0.1) is 5.39 Å². The van der Waals surface area contributed by atoms with Gasteiger partial charge in [0.1, 0.15) is 30.2 Å². The molecule has 0 aliphatic carbocycles. The maximum atomic E-state index is 6.07. The minimum atomic E-state index is 0.554. The molecule has 28 heavy (non-hydrogen) atoms. The molecule has 0 bridgehead atoms. The Morgan fingerprint density at radius 1 is 1.00 bits per heavy atom. The summed E-state index contributed by atoms with van der Waals surface area (Å²) in [5, 5.41) is 5.14. The van der Waals surface area contributed by atoms with Crippen LogP contribution in [-0.2, 0) is 0 Å². The van der Waals surface area contributed by atoms with E-state index in [4.69, 9.17) is 21.1 Å². The lowest BCUT2D eigenvalue weighted by atomic mass is 10.0. The van der Waals surface area contributed by atoms with Crippen LogP contribution in [0.1, 0.15) is 4.88 Å². The van der Waals surface area contributed by atoms with Crippen LogP contribution in [0.5, 0.6) is 11.5 Å². The van der Waals surface area contributed by atoms with Crippen molar-refractivity contribution in [3.05, 3.63) is 58.7 Å². The number of nitrogens with one attached hydrogen (secondary N) is 1. The van der Waals surface area contributed by atoms with Gasteiger partial charge in [-0.2, -0.15) is 0 Å². The molecule has 0 amide bonds. The summed E-state index contributed by atoms with van der Waals surface area (Å²) < 4.78 is 11.3. The Morgan fingerprint density at radius 3 is 2.61 bits per heavy atom. The molecule has 0 unspecified atom stereocenters. The number of halogens is 1. The Kier molecular flexibility index (Phi) is 4.30. The number of anilines is 2. The molecule has 0 saturated heterocycles. The monoisotopic (exact) mass is 409 g/mol. The third-order valence-corrected chi connectivity index (χ3v) is 5.87. The highest BCUT2D eigenvalue weighted by molar-refractivity contribution is 7.19. The highest BCUT2D eigenvalue weighted by atomic mass is 35.5. The van der Waals surface area contributed by atoms with Crippen LogP contribution in [0.3, 0.4) is 0 Å². The highest BCUT2D eigenvalue weighted by Crippen LogP contribution is 2.42. The molecule has 1 N–H and O–H groups in total. The van der Waals surface area contributed by atoms with E-state index >= 15 is 0 Å². The van der Waals surface area contributed by atoms with E-state index in [1.807, 2.05) is 42.5 Å². The first kappa shape index (κ1) is 17.3. The molecule has 7 heteroatoms. The molecule has 0 atom stereocenters. The second-order valence-corrected chi connectivity index (χ2v) is 8.07. The van der Waals surface area contributed by atoms with E-state index in [1.54, 1.807) is 17.7 Å². The van der Waals surface area contributed by atoms with E-state index in [9.17, 15) is 0 Å². The van der Waals surface area contributed by atoms with E-state index in [0.717, 1.165) is 44.3 Å². The van der Waals surface area contributed by atoms with Crippen LogP contribution in [0.25, 0.3) is 21.3 Å². The summed E-state index contributed by atoms with van der Waals surface area (Å²) in [4.78, 5) is 11.1. The third-order valence-electron chi connectivity index (χ3n) is 4.60. The molecule has 5 rings (SSSR count). The lowest BCUT2D eigenvalue weighted by Gasteiger charge is -2.19. The summed E-state index contributed by atoms with van der Waals surface area (Å²) in [6, 6.07) is 13.7. The quantitative estimate of drug-likeness (QED) is 0.461. The van der Waals surface area contributed by atoms with Gasteiger partial charge in [-0.15, -0.1) is 11.3 Å². The Morgan fingerprint density at radius 2 is 1.79 bits per heavy atom. The van der Waals surface area contributed by atoms with E-state index < -0.39 is 0 Å². The predicted octanol–water partition coefficient (Wildman–Crippen LogP) is 5.83. The average molecular weight is 410 g/mol. The number of fused-ring (bicyclic) bond motifs is 2. The molecule has 140 valence electrons. The van der Waals surface area contributed by atoms with Gasteiger partial charge in [-0.25, -0.2) is 9.97 Å². The molecular weight excluding hydrogens is 394 g/mol. The zero-order valence-corrected chi connectivity index (χ0v) is 16.6. The standard InChI is InChI=1S/C21H16ClN3O2S/c1-12-18(13-2-4-14(22)5-3-13)19-20(23-11-24-21(19)28-12)25-15-6-7-16-17(10-15)27-9-8-26-16/h2-7,10-11H,8-9H2,1H3,(H,23,24,25). The Balaban J connectivity index is 1.61. The second kappa shape index (κ2) is 6.96. The first-order chi connectivity index (χ1) is 13.7. The van der Waals surface area contributed by atoms with Crippen molar-refractivity contribution in [2.75, 3.05) is 18.5 Å². The fourth-order valence-corrected chi connectivity index (χ4v) is 4.50. The van der Waals surface area contributed by atoms with Crippen LogP contribution in [0.2, 0.25) is 5.02 Å². The van der Waals surface area contributed by atoms with Crippen molar-refractivity contribution in [2.24, 2.45) is 0 Å². The molecular formula is C21H16ClN3O2S. The molecule has 1 aliphatic heterocycles. The number of aryl methyl sites for hydroxylation is 1. The number of nitrogens with zero attached hydrogens (tertiary/aromatic N) is 2. The molecule has 3 heterocycles. The molecule has 4 aromatic rings. The van der Waals surface area contributed by atoms with Gasteiger partial charge in [0.25, 0.3) is 0 Å². The van der Waals surface area contributed by atoms with Crippen LogP contribution in [-0.4, -0.2) is 23.2 Å². The van der Waals surface area contributed by atoms with Gasteiger partial charge in [0.2, 0.25) is 0 Å². The molecule has 2 aromatic carbocycles. The number of aromatic nitrogens is 2. The molecule has 0 radical (unpaired) electrons. The summed E-state index contributed by atoms with van der Waals surface area (Å²) in [5.74, 6) is 2.26. The zero-order valence-electron chi connectivity index (χ0n) is 15.0. The number of rotatable bonds is 3. The van der Waals surface area contributed by atoms with E-state index in [1.165, 1.54) is 4.88 Å². The minimum Gasteiger partial charge on any atom is -0.486 e. The van der Waals surface area contributed by atoms with Crippen molar-refractivity contribution in [1.82, 2.24) is 9.97 Å². The largest absolute Gasteiger partial charge is 0.486 e. The zero-order chi connectivity index (χ0) is 19.1. The van der Waals surface area contributed by atoms with Crippen molar-refractivity contribution in [1.29, 1.82) is 0 Å². The minimum absolute atomic E-state index is 0.554. The average Bonchev–Trinajstić information content (AvgIpc) is 3.05. The van der Waals surface area contributed by atoms with E-state index in [-0.39, 0.29) is 0 Å². The van der Waals surface area contributed by atoms with Crippen molar-refractivity contribution in [2.45, 2.75) is 6.92 Å². The van der Waals surface area contributed by atoms with Crippen LogP contribution in [0.15, 0.2) is 48.8 Å². The molecule has 1 aliphatic rings. The Labute approximate surface area is 170 Å². The van der Waals surface area contributed by atoms with Gasteiger partial charge >= 0.3 is 0 Å². The highest BCUT2D eigenvalue weighted by Gasteiger charge is 2.18. The molecule has 2 aromatic heterocycles. The smallest absolute Gasteiger partial charge is 0.163 e. The van der Waals surface area contributed by atoms with Gasteiger partial charge in [0.15, 0.2) is 11.5 Å². The van der Waals surface area contributed by atoms with Gasteiger partial charge in [-0.3, -0.25) is 0 Å². The summed E-state index contributed by atoms with van der Waals surface area (Å²) >= 11 is 7.73. The van der Waals surface area contributed by atoms with Crippen molar-refractivity contribution >= 4 is 44.7 Å². The second-order valence-electron chi connectivity index (χ2n) is 6.43. The number of ether oxygens (including phenoxy) is 2. The summed E-state index contributed by atoms with van der Waals surface area (Å²) in [7, 11) is 0. The predicted molar refractivity (Wildman–Crippen MR) is 113 cm³/mol. The summed E-state index contributed by atoms with van der Waals surface area (Å²) in [6.45, 7) is 3.23. The number of benzene rings is 2. The van der Waals surface area contributed by atoms with Gasteiger partial charge in [0, 0.05) is 27.2 Å². The Hall–Kier alpha value is -2.83. The van der Waals surface area contributed by atoms with Crippen molar-refractivity contribution < 1.29 is 9.47 Å². The molecule has 0 spiro atoms. The third kappa shape index (κ3) is 3.04. The lowest BCUT2D eigenvalue weighted by Crippen LogP contribution is -2.15. The van der Waals surface area contributed by atoms with Crippen LogP contribution < -0.4 is 14.8 Å². The van der Waals surface area contributed by atoms with E-state index in [2.05, 4.69) is 22.2 Å². The first-order valence-electron chi connectivity index (χ1n) is 8.86. The fourth-order valence-electron chi connectivity index (χ4n) is 3.36. The fraction of sp³-hybridized carbons (Fsp3) is 0.143. The normalized spacial score (nSPS) is 12.9. The van der Waals surface area contributed by atoms with Gasteiger partial charge < -0.3 is 14.8 Å². The van der Waals surface area contributed by atoms with E-state index in [0.29, 0.717) is 18.2 Å². The maximum Gasteiger partial charge on any atom is 0.163 e. The van der Waals surface area contributed by atoms with Gasteiger partial charge in [-0.05, 0) is 36.8 Å². The molecule has 0 fully saturated rings. The van der Waals surface area contributed by atoms with Crippen molar-refractivity contribution in [3.8, 4) is 22.6 Å². The Bertz CT molecular complexity index is 1170. The number of hydrogen-bond acceptors (Lipinski definition) is 6. The number of hydrogen-bond donors (Lipinski definition) is 1. The topological polar surface area (TPSA) is 56.3 Å². The van der Waals surface area contributed by atoms with Crippen molar-refractivity contribution in [3.63, 3.8) is 0 Å². The number of thiophene rings is 1. The molecule has 5 nitrogen and oxygen atoms in total. The first-order valence-corrected chi connectivity index (χ1v) is 10.1.